The Morgan fingerprint density at radius 1 is 0.875 bits per heavy atom. The molecule has 0 amide bonds. The Labute approximate surface area is 95.1 Å². The molecule has 0 saturated heterocycles. The first-order chi connectivity index (χ1) is 7.65. The normalized spacial score (nSPS) is 9.12. The minimum atomic E-state index is -1.04. The van der Waals surface area contributed by atoms with Gasteiger partial charge in [0, 0.05) is 0 Å². The highest BCUT2D eigenvalue weighted by Gasteiger charge is 2.11. The maximum Gasteiger partial charge on any atom is 0.551 e. The zero-order valence-corrected chi connectivity index (χ0v) is 8.74. The van der Waals surface area contributed by atoms with Crippen LogP contribution in [-0.4, -0.2) is 24.3 Å². The fourth-order valence-electron chi connectivity index (χ4n) is 0.972. The van der Waals surface area contributed by atoms with Gasteiger partial charge in [0.1, 0.15) is 11.5 Å². The lowest BCUT2D eigenvalue weighted by Gasteiger charge is -2.09. The topological polar surface area (TPSA) is 58.9 Å². The van der Waals surface area contributed by atoms with Gasteiger partial charge in [0.05, 0.1) is 0 Å². The van der Waals surface area contributed by atoms with Crippen LogP contribution in [0.2, 0.25) is 0 Å². The van der Waals surface area contributed by atoms with Crippen LogP contribution in [0.3, 0.4) is 0 Å². The summed E-state index contributed by atoms with van der Waals surface area (Å²) in [5.74, 6) is 3.50. The van der Waals surface area contributed by atoms with Gasteiger partial charge in [-0.1, -0.05) is 0 Å². The van der Waals surface area contributed by atoms with E-state index < -0.39 is 14.2 Å². The van der Waals surface area contributed by atoms with Gasteiger partial charge in [-0.25, -0.2) is 0 Å². The Balaban J connectivity index is 2.60. The summed E-state index contributed by atoms with van der Waals surface area (Å²) in [6.45, 7) is 6.76. The van der Waals surface area contributed by atoms with Crippen molar-refractivity contribution < 1.29 is 19.4 Å². The molecular weight excluding hydrogens is 206 g/mol. The molecule has 0 radical (unpaired) electrons. The van der Waals surface area contributed by atoms with Crippen molar-refractivity contribution in [3.8, 4) is 11.5 Å². The van der Waals surface area contributed by atoms with Crippen LogP contribution in [-0.2, 0) is 0 Å². The Morgan fingerprint density at radius 2 is 1.19 bits per heavy atom. The van der Waals surface area contributed by atoms with Crippen molar-refractivity contribution in [2.45, 2.75) is 0 Å². The summed E-state index contributed by atoms with van der Waals surface area (Å²) in [5, 5.41) is 18.3. The van der Waals surface area contributed by atoms with E-state index in [9.17, 15) is 0 Å². The van der Waals surface area contributed by atoms with E-state index in [-0.39, 0.29) is 0 Å². The predicted molar refractivity (Wildman–Crippen MR) is 64.0 cm³/mol. The molecule has 1 aromatic rings. The van der Waals surface area contributed by atoms with Gasteiger partial charge in [0.15, 0.2) is 0 Å². The fourth-order valence-corrected chi connectivity index (χ4v) is 0.972. The van der Waals surface area contributed by atoms with Gasteiger partial charge in [0.2, 0.25) is 0 Å². The molecule has 4 nitrogen and oxygen atoms in total. The summed E-state index contributed by atoms with van der Waals surface area (Å²) in [7, 11) is -2.07. The summed E-state index contributed by atoms with van der Waals surface area (Å²) < 4.78 is 10.1. The van der Waals surface area contributed by atoms with Crippen molar-refractivity contribution in [1.29, 1.82) is 0 Å². The molecule has 16 heavy (non-hydrogen) atoms. The van der Waals surface area contributed by atoms with Crippen molar-refractivity contribution in [3.63, 3.8) is 0 Å². The average molecular weight is 218 g/mol. The molecule has 0 aromatic heterocycles. The lowest BCUT2D eigenvalue weighted by molar-refractivity contribution is 0.423. The number of rotatable bonds is 6. The second kappa shape index (κ2) is 6.05. The van der Waals surface area contributed by atoms with Gasteiger partial charge in [-0.05, 0) is 36.2 Å². The maximum absolute atomic E-state index is 9.14. The van der Waals surface area contributed by atoms with E-state index in [0.717, 1.165) is 0 Å². The second-order valence-corrected chi connectivity index (χ2v) is 2.96. The van der Waals surface area contributed by atoms with Crippen LogP contribution in [0.4, 0.5) is 0 Å². The molecule has 0 saturated carbocycles. The maximum atomic E-state index is 9.14. The molecule has 1 aromatic carbocycles. The first kappa shape index (κ1) is 12.4. The number of hydrogen-bond acceptors (Lipinski definition) is 4. The van der Waals surface area contributed by atoms with Crippen LogP contribution >= 0.6 is 0 Å². The van der Waals surface area contributed by atoms with Gasteiger partial charge >= 0.3 is 14.2 Å². The van der Waals surface area contributed by atoms with E-state index in [1.54, 1.807) is 24.3 Å². The molecule has 0 aliphatic rings. The average Bonchev–Trinajstić information content (AvgIpc) is 2.31. The Bertz CT molecular complexity index is 317. The minimum Gasteiger partial charge on any atom is -0.533 e. The zero-order chi connectivity index (χ0) is 12.0. The highest BCUT2D eigenvalue weighted by Crippen LogP contribution is 2.18. The highest BCUT2D eigenvalue weighted by molar-refractivity contribution is 6.50. The molecule has 0 fully saturated rings. The third kappa shape index (κ3) is 3.84. The van der Waals surface area contributed by atoms with Crippen LogP contribution in [0.15, 0.2) is 49.4 Å². The molecule has 6 heteroatoms. The first-order valence-corrected chi connectivity index (χ1v) is 4.70. The standard InChI is InChI=1S/C10H12B2O4/c1-3-11(13)15-9-5-7-10(8-6-9)16-12(14)4-2/h3-8,13-14H,1-2H2. The predicted octanol–water partition coefficient (Wildman–Crippen LogP) is 0.856. The van der Waals surface area contributed by atoms with Crippen LogP contribution in [0.5, 0.6) is 11.5 Å². The molecule has 1 rings (SSSR count). The second-order valence-electron chi connectivity index (χ2n) is 2.96. The SMILES string of the molecule is C=CB(O)Oc1ccc(OB(O)C=C)cc1. The molecule has 0 atom stereocenters. The van der Waals surface area contributed by atoms with E-state index in [2.05, 4.69) is 13.2 Å². The van der Waals surface area contributed by atoms with Gasteiger partial charge in [0.25, 0.3) is 0 Å². The van der Waals surface area contributed by atoms with E-state index in [1.807, 2.05) is 0 Å². The molecule has 0 aliphatic heterocycles. The number of benzene rings is 1. The third-order valence-corrected chi connectivity index (χ3v) is 1.74. The van der Waals surface area contributed by atoms with Gasteiger partial charge in [-0.15, -0.1) is 13.2 Å². The van der Waals surface area contributed by atoms with E-state index in [4.69, 9.17) is 19.4 Å². The molecule has 0 spiro atoms. The Hall–Kier alpha value is -1.65. The van der Waals surface area contributed by atoms with E-state index >= 15 is 0 Å². The van der Waals surface area contributed by atoms with Crippen molar-refractivity contribution in [1.82, 2.24) is 0 Å². The van der Waals surface area contributed by atoms with Crippen LogP contribution < -0.4 is 9.31 Å². The zero-order valence-electron chi connectivity index (χ0n) is 8.74. The van der Waals surface area contributed by atoms with Crippen LogP contribution in [0.25, 0.3) is 0 Å². The van der Waals surface area contributed by atoms with E-state index in [1.165, 1.54) is 12.0 Å². The summed E-state index contributed by atoms with van der Waals surface area (Å²) in [6, 6.07) is 6.44. The lowest BCUT2D eigenvalue weighted by Crippen LogP contribution is -2.19. The molecule has 2 N–H and O–H groups in total. The van der Waals surface area contributed by atoms with E-state index in [0.29, 0.717) is 11.5 Å². The van der Waals surface area contributed by atoms with Crippen LogP contribution in [0.1, 0.15) is 0 Å². The molecule has 0 bridgehead atoms. The highest BCUT2D eigenvalue weighted by atomic mass is 16.5. The quantitative estimate of drug-likeness (QED) is 0.694. The summed E-state index contributed by atoms with van der Waals surface area (Å²) in [4.78, 5) is 0. The molecule has 0 heterocycles. The number of hydrogen-bond donors (Lipinski definition) is 2. The van der Waals surface area contributed by atoms with Crippen molar-refractivity contribution in [2.24, 2.45) is 0 Å². The smallest absolute Gasteiger partial charge is 0.533 e. The first-order valence-electron chi connectivity index (χ1n) is 4.70. The third-order valence-electron chi connectivity index (χ3n) is 1.74. The Kier molecular flexibility index (Phi) is 4.69. The van der Waals surface area contributed by atoms with Gasteiger partial charge in [-0.3, -0.25) is 0 Å². The summed E-state index contributed by atoms with van der Waals surface area (Å²) >= 11 is 0. The van der Waals surface area contributed by atoms with Gasteiger partial charge in [-0.2, -0.15) is 0 Å². The fraction of sp³-hybridized carbons (Fsp3) is 0. The molecule has 0 unspecified atom stereocenters. The van der Waals surface area contributed by atoms with Crippen molar-refractivity contribution in [3.05, 3.63) is 49.4 Å². The summed E-state index contributed by atoms with van der Waals surface area (Å²) in [5.41, 5.74) is 0. The lowest BCUT2D eigenvalue weighted by atomic mass is 9.92. The van der Waals surface area contributed by atoms with Crippen molar-refractivity contribution in [2.75, 3.05) is 0 Å². The molecule has 0 aliphatic carbocycles. The monoisotopic (exact) mass is 218 g/mol. The summed E-state index contributed by atoms with van der Waals surface area (Å²) in [6.07, 6.45) is 0. The van der Waals surface area contributed by atoms with Crippen molar-refractivity contribution >= 4 is 14.2 Å². The molecular formula is C10H12B2O4. The van der Waals surface area contributed by atoms with Gasteiger partial charge < -0.3 is 19.4 Å². The Morgan fingerprint density at radius 3 is 1.44 bits per heavy atom. The molecule has 82 valence electrons. The van der Waals surface area contributed by atoms with Crippen LogP contribution in [0, 0.1) is 0 Å². The largest absolute Gasteiger partial charge is 0.551 e. The minimum absolute atomic E-state index is 0.479.